The van der Waals surface area contributed by atoms with Crippen LogP contribution in [0.5, 0.6) is 0 Å². The van der Waals surface area contributed by atoms with Gasteiger partial charge in [-0.15, -0.1) is 0 Å². The van der Waals surface area contributed by atoms with E-state index in [1.807, 2.05) is 55.6 Å². The number of hydrogen-bond acceptors (Lipinski definition) is 6. The third-order valence-electron chi connectivity index (χ3n) is 7.87. The van der Waals surface area contributed by atoms with Gasteiger partial charge in [-0.3, -0.25) is 9.59 Å². The van der Waals surface area contributed by atoms with Crippen LogP contribution in [-0.2, 0) is 0 Å². The molecule has 9 nitrogen and oxygen atoms in total. The fourth-order valence-electron chi connectivity index (χ4n) is 5.49. The highest BCUT2D eigenvalue weighted by molar-refractivity contribution is 6.04. The van der Waals surface area contributed by atoms with Gasteiger partial charge in [0.15, 0.2) is 0 Å². The molecule has 1 fully saturated rings. The van der Waals surface area contributed by atoms with Crippen molar-refractivity contribution in [2.75, 3.05) is 17.7 Å². The van der Waals surface area contributed by atoms with E-state index in [0.717, 1.165) is 40.6 Å². The molecule has 9 heteroatoms. The van der Waals surface area contributed by atoms with Crippen LogP contribution in [0.15, 0.2) is 90.2 Å². The summed E-state index contributed by atoms with van der Waals surface area (Å²) in [4.78, 5) is 35.0. The number of carbonyl (C=O) groups is 1. The van der Waals surface area contributed by atoms with Crippen molar-refractivity contribution in [2.45, 2.75) is 31.8 Å². The van der Waals surface area contributed by atoms with Gasteiger partial charge in [-0.2, -0.15) is 0 Å². The maximum Gasteiger partial charge on any atom is 0.263 e. The monoisotopic (exact) mass is 534 g/mol. The van der Waals surface area contributed by atoms with Crippen molar-refractivity contribution >= 4 is 28.4 Å². The molecule has 1 unspecified atom stereocenters. The number of aromatic nitrogens is 4. The molecule has 4 N–H and O–H groups in total. The van der Waals surface area contributed by atoms with E-state index >= 15 is 0 Å². The Morgan fingerprint density at radius 3 is 2.55 bits per heavy atom. The molecule has 1 aliphatic rings. The van der Waals surface area contributed by atoms with E-state index in [1.165, 1.54) is 6.33 Å². The summed E-state index contributed by atoms with van der Waals surface area (Å²) in [6, 6.07) is 20.4. The zero-order valence-corrected chi connectivity index (χ0v) is 22.1. The summed E-state index contributed by atoms with van der Waals surface area (Å²) in [6.07, 6.45) is 6.99. The zero-order valence-electron chi connectivity index (χ0n) is 22.1. The van der Waals surface area contributed by atoms with Crippen LogP contribution in [0.25, 0.3) is 22.2 Å². The SMILES string of the molecule is CC(c1ccccc1)n1cccc(C(=O)Nc2ccc(-c3cn(C4CC(CO)C4)c4ncnc(N)c34)cc2)c1=O. The number of fused-ring (bicyclic) bond motifs is 1. The van der Waals surface area contributed by atoms with Crippen molar-refractivity contribution in [2.24, 2.45) is 5.92 Å². The minimum absolute atomic E-state index is 0.0732. The van der Waals surface area contributed by atoms with Crippen molar-refractivity contribution in [1.82, 2.24) is 19.1 Å². The van der Waals surface area contributed by atoms with Gasteiger partial charge < -0.3 is 25.3 Å². The third-order valence-corrected chi connectivity index (χ3v) is 7.87. The molecule has 202 valence electrons. The first-order valence-electron chi connectivity index (χ1n) is 13.3. The van der Waals surface area contributed by atoms with Crippen molar-refractivity contribution in [3.8, 4) is 11.1 Å². The summed E-state index contributed by atoms with van der Waals surface area (Å²) in [6.45, 7) is 2.12. The molecule has 6 rings (SSSR count). The van der Waals surface area contributed by atoms with Gasteiger partial charge in [0, 0.05) is 36.3 Å². The van der Waals surface area contributed by atoms with Crippen LogP contribution < -0.4 is 16.6 Å². The number of benzene rings is 2. The molecule has 5 aromatic rings. The molecule has 3 heterocycles. The van der Waals surface area contributed by atoms with Gasteiger partial charge in [-0.05, 0) is 61.1 Å². The summed E-state index contributed by atoms with van der Waals surface area (Å²) < 4.78 is 3.70. The number of carbonyl (C=O) groups excluding carboxylic acids is 1. The van der Waals surface area contributed by atoms with Crippen molar-refractivity contribution in [3.63, 3.8) is 0 Å². The average Bonchev–Trinajstić information content (AvgIpc) is 3.33. The molecule has 1 atom stereocenters. The number of aliphatic hydroxyl groups excluding tert-OH is 1. The topological polar surface area (TPSA) is 128 Å². The lowest BCUT2D eigenvalue weighted by Crippen LogP contribution is -2.30. The number of pyridine rings is 1. The van der Waals surface area contributed by atoms with Crippen LogP contribution in [0.2, 0.25) is 0 Å². The quantitative estimate of drug-likeness (QED) is 0.279. The van der Waals surface area contributed by atoms with Crippen LogP contribution in [0, 0.1) is 5.92 Å². The second-order valence-electron chi connectivity index (χ2n) is 10.3. The van der Waals surface area contributed by atoms with Gasteiger partial charge in [0.25, 0.3) is 11.5 Å². The number of nitrogens with zero attached hydrogens (tertiary/aromatic N) is 4. The Morgan fingerprint density at radius 2 is 1.82 bits per heavy atom. The first-order chi connectivity index (χ1) is 19.4. The highest BCUT2D eigenvalue weighted by Crippen LogP contribution is 2.42. The van der Waals surface area contributed by atoms with E-state index in [4.69, 9.17) is 5.73 Å². The third kappa shape index (κ3) is 4.54. The van der Waals surface area contributed by atoms with Crippen molar-refractivity contribution < 1.29 is 9.90 Å². The Morgan fingerprint density at radius 1 is 1.07 bits per heavy atom. The molecule has 40 heavy (non-hydrogen) atoms. The molecular formula is C31H30N6O3. The van der Waals surface area contributed by atoms with Gasteiger partial charge in [0.1, 0.15) is 23.4 Å². The van der Waals surface area contributed by atoms with Crippen LogP contribution in [-0.4, -0.2) is 36.7 Å². The predicted molar refractivity (Wildman–Crippen MR) is 155 cm³/mol. The Kier molecular flexibility index (Phi) is 6.65. The number of nitrogens with one attached hydrogen (secondary N) is 1. The van der Waals surface area contributed by atoms with E-state index in [1.54, 1.807) is 35.0 Å². The highest BCUT2D eigenvalue weighted by Gasteiger charge is 2.32. The van der Waals surface area contributed by atoms with E-state index in [0.29, 0.717) is 17.4 Å². The normalized spacial score (nSPS) is 17.4. The molecule has 1 aliphatic carbocycles. The van der Waals surface area contributed by atoms with Gasteiger partial charge in [0.2, 0.25) is 0 Å². The van der Waals surface area contributed by atoms with E-state index < -0.39 is 5.91 Å². The molecule has 0 radical (unpaired) electrons. The fraction of sp³-hybridized carbons (Fsp3) is 0.226. The van der Waals surface area contributed by atoms with E-state index in [2.05, 4.69) is 19.9 Å². The number of nitrogen functional groups attached to an aromatic ring is 1. The number of aliphatic hydroxyl groups is 1. The number of amides is 1. The second-order valence-corrected chi connectivity index (χ2v) is 10.3. The summed E-state index contributed by atoms with van der Waals surface area (Å²) in [5.41, 5.74) is 10.1. The number of anilines is 2. The molecule has 0 aliphatic heterocycles. The lowest BCUT2D eigenvalue weighted by Gasteiger charge is -2.35. The molecule has 1 amide bonds. The lowest BCUT2D eigenvalue weighted by molar-refractivity contribution is 0.102. The minimum atomic E-state index is -0.468. The van der Waals surface area contributed by atoms with E-state index in [-0.39, 0.29) is 29.8 Å². The van der Waals surface area contributed by atoms with Crippen LogP contribution >= 0.6 is 0 Å². The smallest absolute Gasteiger partial charge is 0.263 e. The first-order valence-corrected chi connectivity index (χ1v) is 13.3. The number of rotatable bonds is 7. The molecule has 0 spiro atoms. The fourth-order valence-corrected chi connectivity index (χ4v) is 5.49. The predicted octanol–water partition coefficient (Wildman–Crippen LogP) is 4.65. The Bertz CT molecular complexity index is 1740. The summed E-state index contributed by atoms with van der Waals surface area (Å²) in [7, 11) is 0. The molecule has 0 saturated heterocycles. The molecule has 3 aromatic heterocycles. The Labute approximate surface area is 230 Å². The second kappa shape index (κ2) is 10.4. The highest BCUT2D eigenvalue weighted by atomic mass is 16.3. The van der Waals surface area contributed by atoms with E-state index in [9.17, 15) is 14.7 Å². The average molecular weight is 535 g/mol. The standard InChI is InChI=1S/C31H30N6O3/c1-19(21-6-3-2-4-7-21)36-13-5-8-25(31(36)40)30(39)35-23-11-9-22(10-12-23)26-16-37(24-14-20(15-24)17-38)29-27(26)28(32)33-18-34-29/h2-13,16,18-20,24,38H,14-15,17H2,1H3,(H,35,39)(H2,32,33,34). The lowest BCUT2D eigenvalue weighted by atomic mass is 9.81. The van der Waals surface area contributed by atoms with Crippen LogP contribution in [0.3, 0.4) is 0 Å². The first kappa shape index (κ1) is 25.5. The van der Waals surface area contributed by atoms with Gasteiger partial charge >= 0.3 is 0 Å². The van der Waals surface area contributed by atoms with Crippen LogP contribution in [0.1, 0.15) is 47.8 Å². The maximum atomic E-state index is 13.2. The summed E-state index contributed by atoms with van der Waals surface area (Å²) >= 11 is 0. The summed E-state index contributed by atoms with van der Waals surface area (Å²) in [5, 5.41) is 13.1. The van der Waals surface area contributed by atoms with Gasteiger partial charge in [0.05, 0.1) is 11.4 Å². The molecule has 0 bridgehead atoms. The minimum Gasteiger partial charge on any atom is -0.396 e. The summed E-state index contributed by atoms with van der Waals surface area (Å²) in [5.74, 6) is 0.243. The Balaban J connectivity index is 1.25. The Hall–Kier alpha value is -4.76. The molecule has 2 aromatic carbocycles. The largest absolute Gasteiger partial charge is 0.396 e. The van der Waals surface area contributed by atoms with Crippen molar-refractivity contribution in [1.29, 1.82) is 0 Å². The van der Waals surface area contributed by atoms with Gasteiger partial charge in [-0.25, -0.2) is 9.97 Å². The number of hydrogen-bond donors (Lipinski definition) is 3. The molecular weight excluding hydrogens is 504 g/mol. The zero-order chi connectivity index (χ0) is 27.8. The molecule has 1 saturated carbocycles. The number of nitrogens with two attached hydrogens (primary N) is 1. The van der Waals surface area contributed by atoms with Gasteiger partial charge in [-0.1, -0.05) is 42.5 Å². The van der Waals surface area contributed by atoms with Crippen LogP contribution in [0.4, 0.5) is 11.5 Å². The maximum absolute atomic E-state index is 13.2. The van der Waals surface area contributed by atoms with Crippen molar-refractivity contribution in [3.05, 3.63) is 107 Å².